The van der Waals surface area contributed by atoms with Gasteiger partial charge in [-0.15, -0.1) is 17.0 Å². The standard InChI is InChI=1S/C15H16N4O2S.BrH/c1-9-4-6-10(7-5-9)8-19-11-12(16-14(19)22)17(2)15(21)18(3)13(11)20;/h4-7H,8H2,1-3H3,(H,16,22);1H. The van der Waals surface area contributed by atoms with E-state index >= 15 is 0 Å². The Morgan fingerprint density at radius 3 is 2.30 bits per heavy atom. The molecule has 2 heterocycles. The highest BCUT2D eigenvalue weighted by molar-refractivity contribution is 8.93. The van der Waals surface area contributed by atoms with E-state index in [1.165, 1.54) is 17.2 Å². The molecular weight excluding hydrogens is 380 g/mol. The lowest BCUT2D eigenvalue weighted by molar-refractivity contribution is 0.702. The Kier molecular flexibility index (Phi) is 4.76. The van der Waals surface area contributed by atoms with Crippen LogP contribution in [0.15, 0.2) is 33.9 Å². The van der Waals surface area contributed by atoms with Gasteiger partial charge >= 0.3 is 5.69 Å². The van der Waals surface area contributed by atoms with Crippen LogP contribution in [-0.4, -0.2) is 18.7 Å². The van der Waals surface area contributed by atoms with Gasteiger partial charge in [0.2, 0.25) is 0 Å². The van der Waals surface area contributed by atoms with Crippen LogP contribution < -0.4 is 11.2 Å². The third-order valence-corrected chi connectivity index (χ3v) is 4.16. The van der Waals surface area contributed by atoms with Crippen LogP contribution >= 0.6 is 29.2 Å². The molecule has 1 N–H and O–H groups in total. The van der Waals surface area contributed by atoms with E-state index in [-0.39, 0.29) is 28.2 Å². The number of aryl methyl sites for hydroxylation is 2. The van der Waals surface area contributed by atoms with Crippen molar-refractivity contribution in [1.29, 1.82) is 0 Å². The molecule has 122 valence electrons. The molecule has 0 aliphatic carbocycles. The molecule has 0 saturated heterocycles. The summed E-state index contributed by atoms with van der Waals surface area (Å²) in [7, 11) is 3.09. The summed E-state index contributed by atoms with van der Waals surface area (Å²) in [5.74, 6) is 0. The normalized spacial score (nSPS) is 10.7. The van der Waals surface area contributed by atoms with Gasteiger partial charge in [0.05, 0.1) is 6.54 Å². The van der Waals surface area contributed by atoms with Gasteiger partial charge in [0, 0.05) is 14.1 Å². The first kappa shape index (κ1) is 17.4. The fraction of sp³-hybridized carbons (Fsp3) is 0.267. The number of benzene rings is 1. The number of rotatable bonds is 2. The second-order valence-electron chi connectivity index (χ2n) is 5.40. The molecule has 0 radical (unpaired) electrons. The predicted molar refractivity (Wildman–Crippen MR) is 98.2 cm³/mol. The largest absolute Gasteiger partial charge is 0.332 e. The predicted octanol–water partition coefficient (Wildman–Crippen LogP) is 2.03. The number of nitrogens with zero attached hydrogens (tertiary/aromatic N) is 3. The first-order chi connectivity index (χ1) is 10.4. The molecule has 23 heavy (non-hydrogen) atoms. The minimum absolute atomic E-state index is 0. The first-order valence-electron chi connectivity index (χ1n) is 6.84. The zero-order valence-corrected chi connectivity index (χ0v) is 15.5. The molecule has 2 aromatic heterocycles. The van der Waals surface area contributed by atoms with Gasteiger partial charge < -0.3 is 9.55 Å². The van der Waals surface area contributed by atoms with Crippen LogP contribution in [0.1, 0.15) is 11.1 Å². The van der Waals surface area contributed by atoms with E-state index in [1.54, 1.807) is 11.6 Å². The summed E-state index contributed by atoms with van der Waals surface area (Å²) in [4.78, 5) is 27.4. The van der Waals surface area contributed by atoms with Gasteiger partial charge in [-0.25, -0.2) is 4.79 Å². The van der Waals surface area contributed by atoms with Crippen molar-refractivity contribution in [3.05, 3.63) is 61.0 Å². The molecule has 3 aromatic rings. The summed E-state index contributed by atoms with van der Waals surface area (Å²) in [5, 5.41) is 0. The number of aromatic amines is 1. The summed E-state index contributed by atoms with van der Waals surface area (Å²) in [5.41, 5.74) is 2.34. The molecule has 0 bridgehead atoms. The maximum atomic E-state index is 12.4. The fourth-order valence-corrected chi connectivity index (χ4v) is 2.76. The number of hydrogen-bond acceptors (Lipinski definition) is 3. The minimum Gasteiger partial charge on any atom is -0.316 e. The lowest BCUT2D eigenvalue weighted by atomic mass is 10.1. The molecule has 0 fully saturated rings. The molecule has 0 aliphatic heterocycles. The Labute approximate surface area is 147 Å². The van der Waals surface area contributed by atoms with Crippen LogP contribution in [-0.2, 0) is 20.6 Å². The summed E-state index contributed by atoms with van der Waals surface area (Å²) >= 11 is 5.33. The van der Waals surface area contributed by atoms with Crippen molar-refractivity contribution in [3.8, 4) is 0 Å². The van der Waals surface area contributed by atoms with Gasteiger partial charge in [-0.05, 0) is 24.7 Å². The second-order valence-corrected chi connectivity index (χ2v) is 5.79. The van der Waals surface area contributed by atoms with E-state index in [1.807, 2.05) is 31.2 Å². The Morgan fingerprint density at radius 2 is 1.70 bits per heavy atom. The van der Waals surface area contributed by atoms with E-state index in [4.69, 9.17) is 12.2 Å². The van der Waals surface area contributed by atoms with Crippen LogP contribution in [0.2, 0.25) is 0 Å². The molecule has 8 heteroatoms. The molecule has 0 unspecified atom stereocenters. The Balaban J connectivity index is 0.00000192. The molecule has 1 aromatic carbocycles. The molecule has 6 nitrogen and oxygen atoms in total. The highest BCUT2D eigenvalue weighted by Crippen LogP contribution is 2.12. The maximum absolute atomic E-state index is 12.4. The molecular formula is C15H17BrN4O2S. The van der Waals surface area contributed by atoms with Gasteiger partial charge in [0.25, 0.3) is 5.56 Å². The van der Waals surface area contributed by atoms with Crippen LogP contribution in [0.3, 0.4) is 0 Å². The number of H-pyrrole nitrogens is 1. The van der Waals surface area contributed by atoms with Crippen molar-refractivity contribution < 1.29 is 0 Å². The molecule has 0 atom stereocenters. The van der Waals surface area contributed by atoms with Crippen LogP contribution in [0.25, 0.3) is 11.2 Å². The third kappa shape index (κ3) is 2.84. The van der Waals surface area contributed by atoms with Gasteiger partial charge in [-0.2, -0.15) is 0 Å². The van der Waals surface area contributed by atoms with E-state index in [2.05, 4.69) is 4.98 Å². The van der Waals surface area contributed by atoms with E-state index in [9.17, 15) is 9.59 Å². The SMILES string of the molecule is Br.Cc1ccc(Cn2c(=S)[nH]c3c2c(=O)n(C)c(=O)n3C)cc1. The summed E-state index contributed by atoms with van der Waals surface area (Å²) in [6, 6.07) is 8.04. The summed E-state index contributed by atoms with van der Waals surface area (Å²) in [6.45, 7) is 2.50. The highest BCUT2D eigenvalue weighted by Gasteiger charge is 2.15. The van der Waals surface area contributed by atoms with Crippen molar-refractivity contribution in [1.82, 2.24) is 18.7 Å². The average molecular weight is 397 g/mol. The summed E-state index contributed by atoms with van der Waals surface area (Å²) < 4.78 is 4.65. The van der Waals surface area contributed by atoms with Crippen LogP contribution in [0, 0.1) is 11.7 Å². The smallest absolute Gasteiger partial charge is 0.316 e. The van der Waals surface area contributed by atoms with Crippen molar-refractivity contribution >= 4 is 40.4 Å². The first-order valence-corrected chi connectivity index (χ1v) is 7.25. The molecule has 0 aliphatic rings. The molecule has 0 amide bonds. The zero-order chi connectivity index (χ0) is 16.0. The topological polar surface area (TPSA) is 64.7 Å². The van der Waals surface area contributed by atoms with Gasteiger partial charge in [0.15, 0.2) is 10.3 Å². The number of fused-ring (bicyclic) bond motifs is 1. The Bertz CT molecular complexity index is 1040. The quantitative estimate of drug-likeness (QED) is 0.673. The Hall–Kier alpha value is -1.93. The van der Waals surface area contributed by atoms with Gasteiger partial charge in [0.1, 0.15) is 5.65 Å². The second kappa shape index (κ2) is 6.29. The van der Waals surface area contributed by atoms with Crippen molar-refractivity contribution in [3.63, 3.8) is 0 Å². The number of aromatic nitrogens is 4. The number of nitrogens with one attached hydrogen (secondary N) is 1. The van der Waals surface area contributed by atoms with Crippen molar-refractivity contribution in [2.45, 2.75) is 13.5 Å². The average Bonchev–Trinajstić information content (AvgIpc) is 2.82. The zero-order valence-electron chi connectivity index (χ0n) is 13.0. The molecule has 0 spiro atoms. The lowest BCUT2D eigenvalue weighted by Gasteiger charge is -2.07. The number of imidazole rings is 1. The van der Waals surface area contributed by atoms with E-state index < -0.39 is 0 Å². The number of hydrogen-bond donors (Lipinski definition) is 1. The highest BCUT2D eigenvalue weighted by atomic mass is 79.9. The lowest BCUT2D eigenvalue weighted by Crippen LogP contribution is -2.37. The van der Waals surface area contributed by atoms with Crippen molar-refractivity contribution in [2.75, 3.05) is 0 Å². The van der Waals surface area contributed by atoms with E-state index in [0.29, 0.717) is 22.5 Å². The minimum atomic E-state index is -0.378. The molecule has 3 rings (SSSR count). The fourth-order valence-electron chi connectivity index (χ4n) is 2.51. The van der Waals surface area contributed by atoms with Crippen LogP contribution in [0.5, 0.6) is 0 Å². The van der Waals surface area contributed by atoms with Gasteiger partial charge in [-0.1, -0.05) is 29.8 Å². The number of halogens is 1. The van der Waals surface area contributed by atoms with Crippen molar-refractivity contribution in [2.24, 2.45) is 14.1 Å². The van der Waals surface area contributed by atoms with E-state index in [0.717, 1.165) is 10.1 Å². The van der Waals surface area contributed by atoms with Gasteiger partial charge in [-0.3, -0.25) is 13.9 Å². The monoisotopic (exact) mass is 396 g/mol. The third-order valence-electron chi connectivity index (χ3n) is 3.84. The summed E-state index contributed by atoms with van der Waals surface area (Å²) in [6.07, 6.45) is 0. The maximum Gasteiger partial charge on any atom is 0.332 e. The van der Waals surface area contributed by atoms with Crippen LogP contribution in [0.4, 0.5) is 0 Å². The Morgan fingerprint density at radius 1 is 1.09 bits per heavy atom. The molecule has 0 saturated carbocycles.